The topological polar surface area (TPSA) is 41.6 Å². The minimum absolute atomic E-state index is 0. The van der Waals surface area contributed by atoms with Gasteiger partial charge in [0, 0.05) is 37.0 Å². The number of ether oxygens (including phenoxy) is 1. The summed E-state index contributed by atoms with van der Waals surface area (Å²) in [5.74, 6) is 0.183. The van der Waals surface area contributed by atoms with Gasteiger partial charge in [0.2, 0.25) is 0 Å². The van der Waals surface area contributed by atoms with Crippen molar-refractivity contribution >= 4 is 29.7 Å². The summed E-state index contributed by atoms with van der Waals surface area (Å²) >= 11 is 1.65. The van der Waals surface area contributed by atoms with Gasteiger partial charge >= 0.3 is 0 Å². The highest BCUT2D eigenvalue weighted by Crippen LogP contribution is 2.28. The van der Waals surface area contributed by atoms with Crippen LogP contribution in [0.1, 0.15) is 27.0 Å². The van der Waals surface area contributed by atoms with Crippen molar-refractivity contribution in [3.05, 3.63) is 21.4 Å². The number of piperazine rings is 1. The Morgan fingerprint density at radius 1 is 1.58 bits per heavy atom. The van der Waals surface area contributed by atoms with Gasteiger partial charge in [-0.1, -0.05) is 0 Å². The SMILES string of the molecule is CC1CN(C(=O)c2cc3c(s2)CCOC3)CCN1.Cl. The highest BCUT2D eigenvalue weighted by atomic mass is 35.5. The predicted octanol–water partition coefficient (Wildman–Crippen LogP) is 1.68. The Labute approximate surface area is 123 Å². The predicted molar refractivity (Wildman–Crippen MR) is 78.3 cm³/mol. The third kappa shape index (κ3) is 3.11. The number of thiophene rings is 1. The van der Waals surface area contributed by atoms with Crippen LogP contribution in [0.15, 0.2) is 6.07 Å². The first-order valence-electron chi connectivity index (χ1n) is 6.46. The zero-order valence-electron chi connectivity index (χ0n) is 11.0. The lowest BCUT2D eigenvalue weighted by atomic mass is 10.1. The number of hydrogen-bond donors (Lipinski definition) is 1. The van der Waals surface area contributed by atoms with E-state index in [1.165, 1.54) is 10.4 Å². The number of carbonyl (C=O) groups excluding carboxylic acids is 1. The summed E-state index contributed by atoms with van der Waals surface area (Å²) < 4.78 is 5.42. The summed E-state index contributed by atoms with van der Waals surface area (Å²) in [6.45, 7) is 6.07. The zero-order valence-corrected chi connectivity index (χ0v) is 12.6. The fourth-order valence-corrected chi connectivity index (χ4v) is 3.64. The first-order valence-corrected chi connectivity index (χ1v) is 7.27. The number of nitrogens with one attached hydrogen (secondary N) is 1. The molecule has 0 saturated carbocycles. The molecule has 3 heterocycles. The lowest BCUT2D eigenvalue weighted by molar-refractivity contribution is 0.0713. The highest BCUT2D eigenvalue weighted by molar-refractivity contribution is 7.14. The van der Waals surface area contributed by atoms with Crippen molar-refractivity contribution < 1.29 is 9.53 Å². The van der Waals surface area contributed by atoms with E-state index < -0.39 is 0 Å². The van der Waals surface area contributed by atoms with E-state index in [1.807, 2.05) is 11.0 Å². The molecule has 1 aromatic heterocycles. The van der Waals surface area contributed by atoms with Crippen LogP contribution in [-0.4, -0.2) is 43.1 Å². The van der Waals surface area contributed by atoms with E-state index in [9.17, 15) is 4.79 Å². The molecule has 1 saturated heterocycles. The van der Waals surface area contributed by atoms with Gasteiger partial charge in [0.1, 0.15) is 0 Å². The Kier molecular flexibility index (Phi) is 4.84. The lowest BCUT2D eigenvalue weighted by Crippen LogP contribution is -2.51. The van der Waals surface area contributed by atoms with Crippen LogP contribution in [-0.2, 0) is 17.8 Å². The molecule has 1 unspecified atom stereocenters. The smallest absolute Gasteiger partial charge is 0.264 e. The average molecular weight is 303 g/mol. The van der Waals surface area contributed by atoms with E-state index in [1.54, 1.807) is 11.3 Å². The number of fused-ring (bicyclic) bond motifs is 1. The van der Waals surface area contributed by atoms with Crippen LogP contribution < -0.4 is 5.32 Å². The molecule has 19 heavy (non-hydrogen) atoms. The monoisotopic (exact) mass is 302 g/mol. The fourth-order valence-electron chi connectivity index (χ4n) is 2.53. The summed E-state index contributed by atoms with van der Waals surface area (Å²) in [4.78, 5) is 16.6. The van der Waals surface area contributed by atoms with Crippen LogP contribution in [0, 0.1) is 0 Å². The molecule has 1 N–H and O–H groups in total. The summed E-state index contributed by atoms with van der Waals surface area (Å²) in [6.07, 6.45) is 0.950. The molecule has 0 aromatic carbocycles. The molecule has 2 aliphatic rings. The highest BCUT2D eigenvalue weighted by Gasteiger charge is 2.24. The number of carbonyl (C=O) groups is 1. The van der Waals surface area contributed by atoms with E-state index in [0.29, 0.717) is 12.6 Å². The van der Waals surface area contributed by atoms with Crippen LogP contribution >= 0.6 is 23.7 Å². The van der Waals surface area contributed by atoms with Gasteiger partial charge in [-0.2, -0.15) is 0 Å². The first-order chi connectivity index (χ1) is 8.74. The third-order valence-electron chi connectivity index (χ3n) is 3.49. The minimum Gasteiger partial charge on any atom is -0.376 e. The van der Waals surface area contributed by atoms with Gasteiger partial charge in [0.15, 0.2) is 0 Å². The number of nitrogens with zero attached hydrogens (tertiary/aromatic N) is 1. The number of hydrogen-bond acceptors (Lipinski definition) is 4. The van der Waals surface area contributed by atoms with Crippen LogP contribution in [0.2, 0.25) is 0 Å². The van der Waals surface area contributed by atoms with Crippen molar-refractivity contribution in [2.45, 2.75) is 26.0 Å². The van der Waals surface area contributed by atoms with E-state index in [0.717, 1.165) is 37.5 Å². The Morgan fingerprint density at radius 3 is 3.16 bits per heavy atom. The Hall–Kier alpha value is -0.620. The molecule has 6 heteroatoms. The second-order valence-electron chi connectivity index (χ2n) is 4.97. The number of halogens is 1. The molecular weight excluding hydrogens is 284 g/mol. The van der Waals surface area contributed by atoms with E-state index >= 15 is 0 Å². The Morgan fingerprint density at radius 2 is 2.42 bits per heavy atom. The number of rotatable bonds is 1. The van der Waals surface area contributed by atoms with Gasteiger partial charge in [-0.15, -0.1) is 23.7 Å². The fraction of sp³-hybridized carbons (Fsp3) is 0.615. The van der Waals surface area contributed by atoms with Gasteiger partial charge in [0.25, 0.3) is 5.91 Å². The van der Waals surface area contributed by atoms with Crippen molar-refractivity contribution in [3.8, 4) is 0 Å². The first kappa shape index (κ1) is 14.8. The molecule has 0 spiro atoms. The average Bonchev–Trinajstić information content (AvgIpc) is 2.81. The van der Waals surface area contributed by atoms with Gasteiger partial charge in [0.05, 0.1) is 18.1 Å². The molecule has 0 bridgehead atoms. The van der Waals surface area contributed by atoms with E-state index in [4.69, 9.17) is 4.74 Å². The summed E-state index contributed by atoms with van der Waals surface area (Å²) in [5, 5.41) is 3.36. The number of amides is 1. The second kappa shape index (κ2) is 6.22. The summed E-state index contributed by atoms with van der Waals surface area (Å²) in [7, 11) is 0. The minimum atomic E-state index is 0. The van der Waals surface area contributed by atoms with Crippen LogP contribution in [0.5, 0.6) is 0 Å². The molecule has 0 aliphatic carbocycles. The molecule has 1 aromatic rings. The largest absolute Gasteiger partial charge is 0.376 e. The summed E-state index contributed by atoms with van der Waals surface area (Å²) in [6, 6.07) is 2.41. The molecule has 4 nitrogen and oxygen atoms in total. The van der Waals surface area contributed by atoms with Gasteiger partial charge in [-0.25, -0.2) is 0 Å². The maximum atomic E-state index is 12.4. The van der Waals surface area contributed by atoms with Crippen LogP contribution in [0.3, 0.4) is 0 Å². The maximum Gasteiger partial charge on any atom is 0.264 e. The van der Waals surface area contributed by atoms with Crippen molar-refractivity contribution in [2.24, 2.45) is 0 Å². The second-order valence-corrected chi connectivity index (χ2v) is 6.10. The maximum absolute atomic E-state index is 12.4. The van der Waals surface area contributed by atoms with Gasteiger partial charge in [-0.3, -0.25) is 4.79 Å². The standard InChI is InChI=1S/C13H18N2O2S.ClH/c1-9-7-15(4-3-14-9)13(16)12-6-10-8-17-5-2-11(10)18-12;/h6,9,14H,2-5,7-8H2,1H3;1H. The Bertz CT molecular complexity index is 440. The molecule has 2 aliphatic heterocycles. The normalized spacial score (nSPS) is 22.6. The van der Waals surface area contributed by atoms with Crippen LogP contribution in [0.4, 0.5) is 0 Å². The molecule has 0 radical (unpaired) electrons. The quantitative estimate of drug-likeness (QED) is 0.858. The van der Waals surface area contributed by atoms with Crippen LogP contribution in [0.25, 0.3) is 0 Å². The molecular formula is C13H19ClN2O2S. The lowest BCUT2D eigenvalue weighted by Gasteiger charge is -2.31. The van der Waals surface area contributed by atoms with Crippen molar-refractivity contribution in [1.29, 1.82) is 0 Å². The van der Waals surface area contributed by atoms with Gasteiger partial charge < -0.3 is 15.0 Å². The Balaban J connectivity index is 0.00000133. The van der Waals surface area contributed by atoms with E-state index in [2.05, 4.69) is 12.2 Å². The van der Waals surface area contributed by atoms with Gasteiger partial charge in [-0.05, 0) is 18.6 Å². The van der Waals surface area contributed by atoms with Crippen molar-refractivity contribution in [3.63, 3.8) is 0 Å². The molecule has 3 rings (SSSR count). The molecule has 1 amide bonds. The summed E-state index contributed by atoms with van der Waals surface area (Å²) in [5.41, 5.74) is 1.21. The third-order valence-corrected chi connectivity index (χ3v) is 4.72. The molecule has 106 valence electrons. The molecule has 1 atom stereocenters. The van der Waals surface area contributed by atoms with Crippen molar-refractivity contribution in [2.75, 3.05) is 26.2 Å². The van der Waals surface area contributed by atoms with Crippen molar-refractivity contribution in [1.82, 2.24) is 10.2 Å². The zero-order chi connectivity index (χ0) is 12.5. The van der Waals surface area contributed by atoms with E-state index in [-0.39, 0.29) is 18.3 Å². The molecule has 1 fully saturated rings.